The van der Waals surface area contributed by atoms with E-state index in [2.05, 4.69) is 5.32 Å². The van der Waals surface area contributed by atoms with Gasteiger partial charge in [-0.15, -0.1) is 0 Å². The van der Waals surface area contributed by atoms with E-state index in [9.17, 15) is 18.8 Å². The van der Waals surface area contributed by atoms with Crippen molar-refractivity contribution in [1.29, 1.82) is 0 Å². The number of anilines is 1. The van der Waals surface area contributed by atoms with Crippen LogP contribution >= 0.6 is 0 Å². The van der Waals surface area contributed by atoms with Crippen LogP contribution in [0.25, 0.3) is 0 Å². The van der Waals surface area contributed by atoms with Crippen LogP contribution in [0.5, 0.6) is 0 Å². The van der Waals surface area contributed by atoms with Gasteiger partial charge in [-0.1, -0.05) is 18.9 Å². The van der Waals surface area contributed by atoms with Crippen LogP contribution in [0.3, 0.4) is 0 Å². The normalized spacial score (nSPS) is 21.3. The van der Waals surface area contributed by atoms with E-state index in [1.54, 1.807) is 0 Å². The Morgan fingerprint density at radius 3 is 2.36 bits per heavy atom. The lowest BCUT2D eigenvalue weighted by atomic mass is 9.68. The number of rotatable bonds is 2. The maximum atomic E-state index is 13.1. The van der Waals surface area contributed by atoms with E-state index in [0.717, 1.165) is 31.7 Å². The molecule has 1 aromatic rings. The van der Waals surface area contributed by atoms with Gasteiger partial charge in [0.15, 0.2) is 17.5 Å². The second-order valence-electron chi connectivity index (χ2n) is 6.43. The average molecular weight is 303 g/mol. The van der Waals surface area contributed by atoms with E-state index in [1.165, 1.54) is 18.2 Å². The molecule has 0 heterocycles. The van der Waals surface area contributed by atoms with E-state index >= 15 is 0 Å². The van der Waals surface area contributed by atoms with Crippen LogP contribution in [0, 0.1) is 17.2 Å². The predicted molar refractivity (Wildman–Crippen MR) is 78.7 cm³/mol. The zero-order valence-electron chi connectivity index (χ0n) is 12.2. The molecular weight excluding hydrogens is 285 g/mol. The van der Waals surface area contributed by atoms with Crippen molar-refractivity contribution in [2.75, 3.05) is 5.32 Å². The van der Waals surface area contributed by atoms with Gasteiger partial charge in [0.05, 0.1) is 0 Å². The summed E-state index contributed by atoms with van der Waals surface area (Å²) in [7, 11) is 0. The number of carbonyl (C=O) groups is 3. The van der Waals surface area contributed by atoms with Gasteiger partial charge in [0.1, 0.15) is 5.82 Å². The zero-order valence-corrected chi connectivity index (χ0v) is 12.2. The lowest BCUT2D eigenvalue weighted by Gasteiger charge is -2.34. The van der Waals surface area contributed by atoms with E-state index < -0.39 is 17.6 Å². The molecule has 1 aromatic carbocycles. The number of hydrogen-bond acceptors (Lipinski definition) is 3. The molecule has 0 aliphatic heterocycles. The summed E-state index contributed by atoms with van der Waals surface area (Å²) in [6, 6.07) is 5.41. The average Bonchev–Trinajstić information content (AvgIpc) is 2.85. The lowest BCUT2D eigenvalue weighted by Crippen LogP contribution is -2.45. The molecule has 2 aliphatic carbocycles. The summed E-state index contributed by atoms with van der Waals surface area (Å²) in [5.41, 5.74) is 0.0517. The monoisotopic (exact) mass is 303 g/mol. The van der Waals surface area contributed by atoms with E-state index in [4.69, 9.17) is 0 Å². The molecule has 1 N–H and O–H groups in total. The highest BCUT2D eigenvalue weighted by Gasteiger charge is 2.48. The standard InChI is InChI=1S/C17H18FNO3/c18-11-4-3-5-12(8-11)19-16(22)15-13(20)9-17(10-14(15)21)6-1-2-7-17/h3-5,8,15H,1-2,6-7,9-10H2,(H,19,22). The fourth-order valence-electron chi connectivity index (χ4n) is 3.74. The van der Waals surface area contributed by atoms with Gasteiger partial charge in [-0.3, -0.25) is 14.4 Å². The number of halogens is 1. The molecule has 2 aliphatic rings. The van der Waals surface area contributed by atoms with Gasteiger partial charge in [-0.05, 0) is 36.5 Å². The Labute approximate surface area is 128 Å². The molecule has 0 atom stereocenters. The summed E-state index contributed by atoms with van der Waals surface area (Å²) in [6.45, 7) is 0. The van der Waals surface area contributed by atoms with Gasteiger partial charge in [0, 0.05) is 18.5 Å². The quantitative estimate of drug-likeness (QED) is 0.854. The largest absolute Gasteiger partial charge is 0.325 e. The fourth-order valence-corrected chi connectivity index (χ4v) is 3.74. The van der Waals surface area contributed by atoms with Gasteiger partial charge in [0.25, 0.3) is 0 Å². The molecule has 2 saturated carbocycles. The first kappa shape index (κ1) is 14.9. The minimum atomic E-state index is -1.24. The highest BCUT2D eigenvalue weighted by atomic mass is 19.1. The van der Waals surface area contributed by atoms with Crippen molar-refractivity contribution in [3.63, 3.8) is 0 Å². The first-order valence-corrected chi connectivity index (χ1v) is 7.61. The number of nitrogens with one attached hydrogen (secondary N) is 1. The topological polar surface area (TPSA) is 63.2 Å². The molecule has 0 bridgehead atoms. The van der Waals surface area contributed by atoms with Crippen LogP contribution in [0.1, 0.15) is 38.5 Å². The number of ketones is 2. The minimum absolute atomic E-state index is 0.205. The smallest absolute Gasteiger partial charge is 0.242 e. The zero-order chi connectivity index (χ0) is 15.7. The van der Waals surface area contributed by atoms with Crippen molar-refractivity contribution in [1.82, 2.24) is 0 Å². The maximum Gasteiger partial charge on any atom is 0.242 e. The molecule has 1 spiro atoms. The van der Waals surface area contributed by atoms with Crippen molar-refractivity contribution in [3.8, 4) is 0 Å². The van der Waals surface area contributed by atoms with Crippen LogP contribution in [0.15, 0.2) is 24.3 Å². The molecule has 2 fully saturated rings. The van der Waals surface area contributed by atoms with Crippen LogP contribution in [0.4, 0.5) is 10.1 Å². The highest BCUT2D eigenvalue weighted by molar-refractivity contribution is 6.23. The predicted octanol–water partition coefficient (Wildman–Crippen LogP) is 2.87. The fraction of sp³-hybridized carbons (Fsp3) is 0.471. The third-order valence-corrected chi connectivity index (χ3v) is 4.76. The van der Waals surface area contributed by atoms with Crippen LogP contribution in [-0.2, 0) is 14.4 Å². The van der Waals surface area contributed by atoms with Crippen molar-refractivity contribution >= 4 is 23.2 Å². The first-order chi connectivity index (χ1) is 10.5. The van der Waals surface area contributed by atoms with E-state index in [0.29, 0.717) is 12.8 Å². The number of Topliss-reactive ketones (excluding diaryl/α,β-unsaturated/α-hetero) is 2. The molecule has 22 heavy (non-hydrogen) atoms. The Hall–Kier alpha value is -2.04. The van der Waals surface area contributed by atoms with Crippen LogP contribution in [0.2, 0.25) is 0 Å². The summed E-state index contributed by atoms with van der Waals surface area (Å²) in [5, 5.41) is 2.47. The van der Waals surface area contributed by atoms with E-state index in [1.807, 2.05) is 0 Å². The Balaban J connectivity index is 1.73. The summed E-state index contributed by atoms with van der Waals surface area (Å²) in [5.74, 6) is -2.97. The first-order valence-electron chi connectivity index (χ1n) is 7.61. The van der Waals surface area contributed by atoms with Crippen molar-refractivity contribution in [2.45, 2.75) is 38.5 Å². The molecule has 4 nitrogen and oxygen atoms in total. The second kappa shape index (κ2) is 5.63. The Kier molecular flexibility index (Phi) is 3.81. The van der Waals surface area contributed by atoms with Crippen molar-refractivity contribution < 1.29 is 18.8 Å². The molecule has 116 valence electrons. The number of carbonyl (C=O) groups excluding carboxylic acids is 3. The Bertz CT molecular complexity index is 615. The van der Waals surface area contributed by atoms with Crippen molar-refractivity contribution in [3.05, 3.63) is 30.1 Å². The second-order valence-corrected chi connectivity index (χ2v) is 6.43. The molecule has 0 radical (unpaired) electrons. The van der Waals surface area contributed by atoms with Gasteiger partial charge >= 0.3 is 0 Å². The Morgan fingerprint density at radius 2 is 1.77 bits per heavy atom. The molecule has 5 heteroatoms. The summed E-state index contributed by atoms with van der Waals surface area (Å²) in [4.78, 5) is 36.8. The molecule has 0 saturated heterocycles. The van der Waals surface area contributed by atoms with Crippen molar-refractivity contribution in [2.24, 2.45) is 11.3 Å². The summed E-state index contributed by atoms with van der Waals surface area (Å²) in [6.07, 6.45) is 4.48. The Morgan fingerprint density at radius 1 is 1.14 bits per heavy atom. The van der Waals surface area contributed by atoms with Gasteiger partial charge < -0.3 is 5.32 Å². The lowest BCUT2D eigenvalue weighted by molar-refractivity contribution is -0.144. The summed E-state index contributed by atoms with van der Waals surface area (Å²) >= 11 is 0. The number of benzene rings is 1. The number of amides is 1. The van der Waals surface area contributed by atoms with Crippen LogP contribution in [-0.4, -0.2) is 17.5 Å². The van der Waals surface area contributed by atoms with Gasteiger partial charge in [-0.2, -0.15) is 0 Å². The molecule has 3 rings (SSSR count). The SMILES string of the molecule is O=C1CC2(CCCC2)CC(=O)C1C(=O)Nc1cccc(F)c1. The third kappa shape index (κ3) is 2.80. The van der Waals surface area contributed by atoms with Gasteiger partial charge in [0.2, 0.25) is 5.91 Å². The minimum Gasteiger partial charge on any atom is -0.325 e. The van der Waals surface area contributed by atoms with Crippen LogP contribution < -0.4 is 5.32 Å². The summed E-state index contributed by atoms with van der Waals surface area (Å²) < 4.78 is 13.1. The molecular formula is C17H18FNO3. The number of hydrogen-bond donors (Lipinski definition) is 1. The molecule has 0 unspecified atom stereocenters. The molecule has 0 aromatic heterocycles. The maximum absolute atomic E-state index is 13.1. The van der Waals surface area contributed by atoms with Gasteiger partial charge in [-0.25, -0.2) is 4.39 Å². The molecule has 1 amide bonds. The van der Waals surface area contributed by atoms with E-state index in [-0.39, 0.29) is 22.7 Å². The highest BCUT2D eigenvalue weighted by Crippen LogP contribution is 2.48. The third-order valence-electron chi connectivity index (χ3n) is 4.76.